The van der Waals surface area contributed by atoms with Gasteiger partial charge < -0.3 is 0 Å². The molecule has 12 rings (SSSR count). The number of thiophene rings is 1. The highest BCUT2D eigenvalue weighted by Gasteiger charge is 2.52. The fraction of sp³-hybridized carbons (Fsp3) is 0.0196. The fourth-order valence-corrected chi connectivity index (χ4v) is 10.7. The highest BCUT2D eigenvalue weighted by atomic mass is 32.1. The molecule has 0 aliphatic heterocycles. The average molecular weight is 675 g/mol. The summed E-state index contributed by atoms with van der Waals surface area (Å²) in [5.41, 5.74) is 15.5. The van der Waals surface area contributed by atoms with Gasteiger partial charge in [-0.15, -0.1) is 11.3 Å². The van der Waals surface area contributed by atoms with Gasteiger partial charge in [-0.1, -0.05) is 146 Å². The molecule has 1 heterocycles. The van der Waals surface area contributed by atoms with Crippen molar-refractivity contribution in [3.63, 3.8) is 0 Å². The van der Waals surface area contributed by atoms with E-state index in [0.29, 0.717) is 0 Å². The molecule has 10 aromatic rings. The number of fused-ring (bicyclic) bond motifs is 16. The van der Waals surface area contributed by atoms with Crippen molar-refractivity contribution in [3.05, 3.63) is 204 Å². The molecule has 0 saturated heterocycles. The first kappa shape index (κ1) is 28.4. The monoisotopic (exact) mass is 674 g/mol. The van der Waals surface area contributed by atoms with E-state index in [-0.39, 0.29) is 5.41 Å². The van der Waals surface area contributed by atoms with E-state index in [1.165, 1.54) is 108 Å². The zero-order valence-corrected chi connectivity index (χ0v) is 29.0. The SMILES string of the molecule is c1ccc2c(c1)-c1ccccc1C21c2ccccc2-c2ccc3ccc(-c4ccc5cc(-c6ccc7sc8ccccc8c7c6)ccc5c4)cc3c21. The van der Waals surface area contributed by atoms with Crippen LogP contribution in [0, 0.1) is 0 Å². The van der Waals surface area contributed by atoms with E-state index in [1.54, 1.807) is 0 Å². The molecule has 0 unspecified atom stereocenters. The zero-order chi connectivity index (χ0) is 34.0. The summed E-state index contributed by atoms with van der Waals surface area (Å²) in [6.07, 6.45) is 0. The molecule has 9 aromatic carbocycles. The van der Waals surface area contributed by atoms with Crippen LogP contribution in [0.4, 0.5) is 0 Å². The summed E-state index contributed by atoms with van der Waals surface area (Å²) in [5, 5.41) is 7.79. The van der Waals surface area contributed by atoms with Crippen molar-refractivity contribution in [2.45, 2.75) is 5.41 Å². The van der Waals surface area contributed by atoms with E-state index in [9.17, 15) is 0 Å². The molecule has 2 aliphatic rings. The van der Waals surface area contributed by atoms with Gasteiger partial charge in [0.2, 0.25) is 0 Å². The molecule has 0 nitrogen and oxygen atoms in total. The third-order valence-corrected chi connectivity index (χ3v) is 13.0. The summed E-state index contributed by atoms with van der Waals surface area (Å²) in [6.45, 7) is 0. The Balaban J connectivity index is 1.02. The first-order valence-electron chi connectivity index (χ1n) is 18.1. The van der Waals surface area contributed by atoms with Gasteiger partial charge in [0.1, 0.15) is 0 Å². The minimum absolute atomic E-state index is 0.366. The summed E-state index contributed by atoms with van der Waals surface area (Å²) in [6, 6.07) is 68.5. The van der Waals surface area contributed by atoms with Crippen LogP contribution < -0.4 is 0 Å². The van der Waals surface area contributed by atoms with Crippen LogP contribution in [0.15, 0.2) is 182 Å². The summed E-state index contributed by atoms with van der Waals surface area (Å²) < 4.78 is 2.68. The molecule has 240 valence electrons. The van der Waals surface area contributed by atoms with Gasteiger partial charge in [-0.25, -0.2) is 0 Å². The first-order valence-corrected chi connectivity index (χ1v) is 18.9. The van der Waals surface area contributed by atoms with Gasteiger partial charge in [0.25, 0.3) is 0 Å². The van der Waals surface area contributed by atoms with Crippen LogP contribution in [-0.4, -0.2) is 0 Å². The van der Waals surface area contributed by atoms with E-state index in [1.807, 2.05) is 11.3 Å². The predicted molar refractivity (Wildman–Crippen MR) is 222 cm³/mol. The van der Waals surface area contributed by atoms with Crippen molar-refractivity contribution in [1.29, 1.82) is 0 Å². The normalized spacial score (nSPS) is 13.5. The topological polar surface area (TPSA) is 0 Å². The standard InChI is InChI=1S/C51H30S/c1-5-13-45-38(9-1)39-10-2-6-14-46(39)51(45)47-15-7-3-11-40(47)42-25-23-31-17-18-36(29-43(31)50(42)51)34-21-19-33-28-35(22-20-32(33)27-34)37-24-26-49-44(30-37)41-12-4-8-16-48(41)52-49/h1-30H. The molecule has 1 spiro atoms. The highest BCUT2D eigenvalue weighted by Crippen LogP contribution is 2.64. The van der Waals surface area contributed by atoms with Gasteiger partial charge >= 0.3 is 0 Å². The number of rotatable bonds is 2. The maximum absolute atomic E-state index is 2.46. The Bertz CT molecular complexity index is 3080. The Morgan fingerprint density at radius 1 is 0.308 bits per heavy atom. The Morgan fingerprint density at radius 2 is 0.769 bits per heavy atom. The zero-order valence-electron chi connectivity index (χ0n) is 28.2. The molecular weight excluding hydrogens is 645 g/mol. The number of benzene rings is 9. The molecule has 1 heteroatoms. The van der Waals surface area contributed by atoms with Gasteiger partial charge in [-0.3, -0.25) is 0 Å². The Kier molecular flexibility index (Phi) is 5.68. The molecule has 0 fully saturated rings. The second-order valence-corrected chi connectivity index (χ2v) is 15.5. The van der Waals surface area contributed by atoms with Gasteiger partial charge in [0, 0.05) is 20.2 Å². The molecule has 0 bridgehead atoms. The molecule has 0 atom stereocenters. The summed E-state index contributed by atoms with van der Waals surface area (Å²) in [7, 11) is 0. The summed E-state index contributed by atoms with van der Waals surface area (Å²) >= 11 is 1.87. The molecule has 2 aliphatic carbocycles. The maximum atomic E-state index is 2.46. The lowest BCUT2D eigenvalue weighted by Crippen LogP contribution is -2.26. The van der Waals surface area contributed by atoms with E-state index >= 15 is 0 Å². The second kappa shape index (κ2) is 10.4. The highest BCUT2D eigenvalue weighted by molar-refractivity contribution is 7.25. The van der Waals surface area contributed by atoms with Crippen molar-refractivity contribution in [3.8, 4) is 44.5 Å². The fourth-order valence-electron chi connectivity index (χ4n) is 9.61. The third-order valence-electron chi connectivity index (χ3n) is 11.9. The van der Waals surface area contributed by atoms with E-state index < -0.39 is 0 Å². The minimum atomic E-state index is -0.366. The van der Waals surface area contributed by atoms with Crippen LogP contribution in [0.2, 0.25) is 0 Å². The average Bonchev–Trinajstić information content (AvgIpc) is 3.84. The largest absolute Gasteiger partial charge is 0.135 e. The Hall–Kier alpha value is -6.28. The van der Waals surface area contributed by atoms with Gasteiger partial charge in [-0.05, 0) is 125 Å². The van der Waals surface area contributed by atoms with Crippen LogP contribution in [0.1, 0.15) is 22.3 Å². The first-order chi connectivity index (χ1) is 25.8. The summed E-state index contributed by atoms with van der Waals surface area (Å²) in [4.78, 5) is 0. The van der Waals surface area contributed by atoms with Crippen molar-refractivity contribution < 1.29 is 0 Å². The van der Waals surface area contributed by atoms with Crippen LogP contribution in [0.3, 0.4) is 0 Å². The Labute approximate surface area is 305 Å². The predicted octanol–water partition coefficient (Wildman–Crippen LogP) is 14.0. The third kappa shape index (κ3) is 3.71. The molecule has 1 aromatic heterocycles. The van der Waals surface area contributed by atoms with E-state index in [0.717, 1.165) is 0 Å². The lowest BCUT2D eigenvalue weighted by atomic mass is 9.69. The molecule has 0 radical (unpaired) electrons. The van der Waals surface area contributed by atoms with E-state index in [2.05, 4.69) is 182 Å². The lowest BCUT2D eigenvalue weighted by molar-refractivity contribution is 0.801. The van der Waals surface area contributed by atoms with Crippen LogP contribution in [-0.2, 0) is 5.41 Å². The number of hydrogen-bond acceptors (Lipinski definition) is 1. The van der Waals surface area contributed by atoms with Gasteiger partial charge in [0.05, 0.1) is 5.41 Å². The smallest absolute Gasteiger partial charge is 0.0731 e. The molecule has 52 heavy (non-hydrogen) atoms. The van der Waals surface area contributed by atoms with Crippen molar-refractivity contribution in [2.75, 3.05) is 0 Å². The van der Waals surface area contributed by atoms with Gasteiger partial charge in [0.15, 0.2) is 0 Å². The summed E-state index contributed by atoms with van der Waals surface area (Å²) in [5.74, 6) is 0. The van der Waals surface area contributed by atoms with Gasteiger partial charge in [-0.2, -0.15) is 0 Å². The lowest BCUT2D eigenvalue weighted by Gasteiger charge is -2.31. The Morgan fingerprint density at radius 3 is 1.42 bits per heavy atom. The quantitative estimate of drug-likeness (QED) is 0.171. The molecule has 0 N–H and O–H groups in total. The van der Waals surface area contributed by atoms with Crippen LogP contribution in [0.25, 0.3) is 86.2 Å². The van der Waals surface area contributed by atoms with Crippen LogP contribution in [0.5, 0.6) is 0 Å². The van der Waals surface area contributed by atoms with Crippen molar-refractivity contribution >= 4 is 53.1 Å². The van der Waals surface area contributed by atoms with Crippen molar-refractivity contribution in [1.82, 2.24) is 0 Å². The van der Waals surface area contributed by atoms with Crippen molar-refractivity contribution in [2.24, 2.45) is 0 Å². The molecule has 0 saturated carbocycles. The van der Waals surface area contributed by atoms with Crippen LogP contribution >= 0.6 is 11.3 Å². The second-order valence-electron chi connectivity index (χ2n) is 14.4. The minimum Gasteiger partial charge on any atom is -0.135 e. The molecule has 0 amide bonds. The van der Waals surface area contributed by atoms with E-state index in [4.69, 9.17) is 0 Å². The number of hydrogen-bond donors (Lipinski definition) is 0. The molecular formula is C51H30S. The maximum Gasteiger partial charge on any atom is 0.0731 e.